The van der Waals surface area contributed by atoms with Gasteiger partial charge in [-0.2, -0.15) is 0 Å². The number of rotatable bonds is 6. The minimum absolute atomic E-state index is 0.0522. The number of carbonyl (C=O) groups excluding carboxylic acids is 1. The molecule has 2 rings (SSSR count). The van der Waals surface area contributed by atoms with Crippen LogP contribution in [0.1, 0.15) is 19.7 Å². The number of amides is 1. The summed E-state index contributed by atoms with van der Waals surface area (Å²) in [7, 11) is 0. The van der Waals surface area contributed by atoms with Crippen molar-refractivity contribution in [3.63, 3.8) is 0 Å². The van der Waals surface area contributed by atoms with Gasteiger partial charge in [-0.3, -0.25) is 9.69 Å². The zero-order chi connectivity index (χ0) is 15.2. The molecule has 1 saturated heterocycles. The van der Waals surface area contributed by atoms with Crippen LogP contribution in [-0.2, 0) is 16.1 Å². The van der Waals surface area contributed by atoms with Crippen LogP contribution in [0, 0.1) is 12.8 Å². The Kier molecular flexibility index (Phi) is 5.63. The van der Waals surface area contributed by atoms with Gasteiger partial charge in [0.05, 0.1) is 12.7 Å². The van der Waals surface area contributed by atoms with Gasteiger partial charge in [-0.05, 0) is 23.3 Å². The van der Waals surface area contributed by atoms with Gasteiger partial charge in [0.15, 0.2) is 0 Å². The molecule has 0 aromatic carbocycles. The third-order valence-electron chi connectivity index (χ3n) is 3.38. The molecule has 0 aliphatic carbocycles. The highest BCUT2D eigenvalue weighted by molar-refractivity contribution is 5.75. The van der Waals surface area contributed by atoms with Crippen molar-refractivity contribution < 1.29 is 9.53 Å². The zero-order valence-corrected chi connectivity index (χ0v) is 12.9. The van der Waals surface area contributed by atoms with Gasteiger partial charge in [0.1, 0.15) is 12.4 Å². The average molecular weight is 296 g/mol. The molecule has 0 radical (unpaired) electrons. The molecule has 8 heteroatoms. The van der Waals surface area contributed by atoms with E-state index in [1.165, 1.54) is 4.68 Å². The molecule has 0 saturated carbocycles. The predicted molar refractivity (Wildman–Crippen MR) is 76.6 cm³/mol. The van der Waals surface area contributed by atoms with Gasteiger partial charge in [0.25, 0.3) is 0 Å². The van der Waals surface area contributed by atoms with Crippen LogP contribution in [0.25, 0.3) is 0 Å². The summed E-state index contributed by atoms with van der Waals surface area (Å²) >= 11 is 0. The van der Waals surface area contributed by atoms with Crippen LogP contribution in [0.5, 0.6) is 0 Å². The van der Waals surface area contributed by atoms with Crippen LogP contribution in [0.3, 0.4) is 0 Å². The van der Waals surface area contributed by atoms with E-state index in [-0.39, 0.29) is 18.6 Å². The fraction of sp³-hybridized carbons (Fsp3) is 0.846. The maximum atomic E-state index is 11.9. The van der Waals surface area contributed by atoms with E-state index in [0.717, 1.165) is 26.2 Å². The van der Waals surface area contributed by atoms with Crippen LogP contribution in [-0.4, -0.2) is 69.9 Å². The highest BCUT2D eigenvalue weighted by Crippen LogP contribution is 2.07. The molecule has 1 aromatic heterocycles. The Labute approximate surface area is 124 Å². The SMILES string of the molecule is Cc1nnnn1CC(=O)NCC1CN(CC(C)C)CCO1. The van der Waals surface area contributed by atoms with E-state index in [2.05, 4.69) is 39.6 Å². The highest BCUT2D eigenvalue weighted by atomic mass is 16.5. The van der Waals surface area contributed by atoms with Gasteiger partial charge < -0.3 is 10.1 Å². The molecule has 1 unspecified atom stereocenters. The molecule has 8 nitrogen and oxygen atoms in total. The maximum absolute atomic E-state index is 11.9. The molecular formula is C13H24N6O2. The zero-order valence-electron chi connectivity index (χ0n) is 12.9. The molecular weight excluding hydrogens is 272 g/mol. The molecule has 1 aliphatic rings. The van der Waals surface area contributed by atoms with Gasteiger partial charge in [-0.15, -0.1) is 5.10 Å². The normalized spacial score (nSPS) is 19.9. The Morgan fingerprint density at radius 2 is 2.33 bits per heavy atom. The first-order valence-electron chi connectivity index (χ1n) is 7.38. The number of carbonyl (C=O) groups is 1. The van der Waals surface area contributed by atoms with Crippen LogP contribution >= 0.6 is 0 Å². The first-order valence-corrected chi connectivity index (χ1v) is 7.38. The molecule has 1 atom stereocenters. The molecule has 1 aliphatic heterocycles. The third kappa shape index (κ3) is 5.05. The van der Waals surface area contributed by atoms with Crippen LogP contribution in [0.15, 0.2) is 0 Å². The second-order valence-electron chi connectivity index (χ2n) is 5.83. The van der Waals surface area contributed by atoms with Gasteiger partial charge in [0.2, 0.25) is 5.91 Å². The number of aryl methyl sites for hydroxylation is 1. The molecule has 21 heavy (non-hydrogen) atoms. The summed E-state index contributed by atoms with van der Waals surface area (Å²) < 4.78 is 7.17. The Morgan fingerprint density at radius 1 is 1.52 bits per heavy atom. The van der Waals surface area contributed by atoms with Crippen molar-refractivity contribution in [3.8, 4) is 0 Å². The quantitative estimate of drug-likeness (QED) is 0.758. The number of tetrazole rings is 1. The lowest BCUT2D eigenvalue weighted by atomic mass is 10.2. The molecule has 1 amide bonds. The standard InChI is InChI=1S/C13H24N6O2/c1-10(2)7-18-4-5-21-12(8-18)6-14-13(20)9-19-11(3)15-16-17-19/h10,12H,4-9H2,1-3H3,(H,14,20). The summed E-state index contributed by atoms with van der Waals surface area (Å²) in [5, 5.41) is 13.9. The molecule has 1 fully saturated rings. The van der Waals surface area contributed by atoms with Crippen molar-refractivity contribution >= 4 is 5.91 Å². The summed E-state index contributed by atoms with van der Waals surface area (Å²) in [6, 6.07) is 0. The highest BCUT2D eigenvalue weighted by Gasteiger charge is 2.21. The van der Waals surface area contributed by atoms with E-state index < -0.39 is 0 Å². The van der Waals surface area contributed by atoms with Crippen molar-refractivity contribution in [2.75, 3.05) is 32.8 Å². The molecule has 118 valence electrons. The fourth-order valence-electron chi connectivity index (χ4n) is 2.40. The summed E-state index contributed by atoms with van der Waals surface area (Å²) in [5.74, 6) is 1.17. The van der Waals surface area contributed by atoms with E-state index in [0.29, 0.717) is 18.3 Å². The fourth-order valence-corrected chi connectivity index (χ4v) is 2.40. The number of nitrogens with zero attached hydrogens (tertiary/aromatic N) is 5. The first-order chi connectivity index (χ1) is 10.0. The molecule has 0 bridgehead atoms. The predicted octanol–water partition coefficient (Wildman–Crippen LogP) is -0.545. The average Bonchev–Trinajstić information content (AvgIpc) is 2.82. The summed E-state index contributed by atoms with van der Waals surface area (Å²) in [4.78, 5) is 14.3. The second-order valence-corrected chi connectivity index (χ2v) is 5.83. The Morgan fingerprint density at radius 3 is 3.00 bits per heavy atom. The second kappa shape index (κ2) is 7.46. The number of morpholine rings is 1. The summed E-state index contributed by atoms with van der Waals surface area (Å²) in [6.07, 6.45) is 0.0522. The minimum atomic E-state index is -0.102. The van der Waals surface area contributed by atoms with Crippen molar-refractivity contribution in [3.05, 3.63) is 5.82 Å². The summed E-state index contributed by atoms with van der Waals surface area (Å²) in [6.45, 7) is 10.5. The van der Waals surface area contributed by atoms with E-state index in [9.17, 15) is 4.79 Å². The first kappa shape index (κ1) is 15.8. The number of hydrogen-bond acceptors (Lipinski definition) is 6. The Balaban J connectivity index is 1.72. The van der Waals surface area contributed by atoms with Gasteiger partial charge in [-0.1, -0.05) is 13.8 Å². The maximum Gasteiger partial charge on any atom is 0.241 e. The van der Waals surface area contributed by atoms with Crippen molar-refractivity contribution in [1.82, 2.24) is 30.4 Å². The van der Waals surface area contributed by atoms with Crippen LogP contribution < -0.4 is 5.32 Å². The summed E-state index contributed by atoms with van der Waals surface area (Å²) in [5.41, 5.74) is 0. The molecule has 2 heterocycles. The molecule has 0 spiro atoms. The van der Waals surface area contributed by atoms with Crippen molar-refractivity contribution in [2.24, 2.45) is 5.92 Å². The molecule has 1 aromatic rings. The lowest BCUT2D eigenvalue weighted by Gasteiger charge is -2.33. The Hall–Kier alpha value is -1.54. The Bertz CT molecular complexity index is 461. The number of aromatic nitrogens is 4. The smallest absolute Gasteiger partial charge is 0.241 e. The lowest BCUT2D eigenvalue weighted by molar-refractivity contribution is -0.123. The van der Waals surface area contributed by atoms with Crippen molar-refractivity contribution in [1.29, 1.82) is 0 Å². The van der Waals surface area contributed by atoms with E-state index >= 15 is 0 Å². The topological polar surface area (TPSA) is 85.2 Å². The van der Waals surface area contributed by atoms with E-state index in [4.69, 9.17) is 4.74 Å². The van der Waals surface area contributed by atoms with Gasteiger partial charge in [-0.25, -0.2) is 4.68 Å². The van der Waals surface area contributed by atoms with Crippen LogP contribution in [0.4, 0.5) is 0 Å². The van der Waals surface area contributed by atoms with E-state index in [1.54, 1.807) is 6.92 Å². The monoisotopic (exact) mass is 296 g/mol. The van der Waals surface area contributed by atoms with Gasteiger partial charge >= 0.3 is 0 Å². The number of ether oxygens (including phenoxy) is 1. The minimum Gasteiger partial charge on any atom is -0.374 e. The number of hydrogen-bond donors (Lipinski definition) is 1. The van der Waals surface area contributed by atoms with Crippen LogP contribution in [0.2, 0.25) is 0 Å². The lowest BCUT2D eigenvalue weighted by Crippen LogP contribution is -2.48. The third-order valence-corrected chi connectivity index (χ3v) is 3.38. The van der Waals surface area contributed by atoms with E-state index in [1.807, 2.05) is 0 Å². The van der Waals surface area contributed by atoms with Gasteiger partial charge in [0, 0.05) is 26.2 Å². The largest absolute Gasteiger partial charge is 0.374 e. The van der Waals surface area contributed by atoms with Crippen molar-refractivity contribution in [2.45, 2.75) is 33.4 Å². The molecule has 1 N–H and O–H groups in total. The number of nitrogens with one attached hydrogen (secondary N) is 1.